The number of rotatable bonds is 3. The molecule has 0 spiro atoms. The fourth-order valence-corrected chi connectivity index (χ4v) is 3.81. The average Bonchev–Trinajstić information content (AvgIpc) is 3.16. The van der Waals surface area contributed by atoms with E-state index in [1.807, 2.05) is 29.3 Å². The molecule has 116 valence electrons. The van der Waals surface area contributed by atoms with Crippen LogP contribution in [0.25, 0.3) is 0 Å². The van der Waals surface area contributed by atoms with Gasteiger partial charge in [0.2, 0.25) is 0 Å². The van der Waals surface area contributed by atoms with Crippen LogP contribution in [0, 0.1) is 12.8 Å². The molecule has 1 aliphatic carbocycles. The lowest BCUT2D eigenvalue weighted by atomic mass is 10.0. The molecule has 22 heavy (non-hydrogen) atoms. The summed E-state index contributed by atoms with van der Waals surface area (Å²) in [6.07, 6.45) is 8.21. The van der Waals surface area contributed by atoms with E-state index in [9.17, 15) is 0 Å². The Balaban J connectivity index is 1.52. The van der Waals surface area contributed by atoms with Crippen molar-refractivity contribution in [3.63, 3.8) is 0 Å². The Morgan fingerprint density at radius 1 is 1.32 bits per heavy atom. The molecule has 2 aromatic rings. The molecule has 3 atom stereocenters. The third kappa shape index (κ3) is 2.37. The highest BCUT2D eigenvalue weighted by Gasteiger charge is 2.43. The average molecular weight is 299 g/mol. The lowest BCUT2D eigenvalue weighted by Gasteiger charge is -2.40. The molecule has 3 heterocycles. The Labute approximate surface area is 130 Å². The summed E-state index contributed by atoms with van der Waals surface area (Å²) in [5.41, 5.74) is 2.32. The quantitative estimate of drug-likeness (QED) is 0.863. The van der Waals surface area contributed by atoms with Crippen molar-refractivity contribution in [1.82, 2.24) is 20.0 Å². The van der Waals surface area contributed by atoms with Crippen LogP contribution in [0.1, 0.15) is 18.5 Å². The molecular formula is C16H21N5O. The van der Waals surface area contributed by atoms with E-state index in [0.717, 1.165) is 31.8 Å². The minimum Gasteiger partial charge on any atom is -0.374 e. The standard InChI is InChI=1S/C16H21N5O/c1-12-9-18-19-21(12)11-13-4-5-15-16(13)22-8-7-20(15)14-3-2-6-17-10-14/h2-3,6,9-10,13,15-16H,4-5,7-8,11H2,1H3/t13-,15-,16-/m0/s1. The van der Waals surface area contributed by atoms with Crippen LogP contribution >= 0.6 is 0 Å². The zero-order valence-electron chi connectivity index (χ0n) is 12.8. The minimum atomic E-state index is 0.276. The molecule has 0 amide bonds. The van der Waals surface area contributed by atoms with Crippen LogP contribution in [-0.4, -0.2) is 45.3 Å². The minimum absolute atomic E-state index is 0.276. The highest BCUT2D eigenvalue weighted by molar-refractivity contribution is 5.46. The molecule has 0 N–H and O–H groups in total. The maximum Gasteiger partial charge on any atom is 0.0824 e. The lowest BCUT2D eigenvalue weighted by molar-refractivity contribution is -0.00660. The summed E-state index contributed by atoms with van der Waals surface area (Å²) in [6, 6.07) is 4.60. The zero-order valence-corrected chi connectivity index (χ0v) is 12.8. The number of nitrogens with zero attached hydrogens (tertiary/aromatic N) is 5. The second kappa shape index (κ2) is 5.68. The van der Waals surface area contributed by atoms with E-state index in [-0.39, 0.29) is 6.10 Å². The third-order valence-electron chi connectivity index (χ3n) is 4.92. The number of ether oxygens (including phenoxy) is 1. The number of pyridine rings is 1. The van der Waals surface area contributed by atoms with E-state index in [4.69, 9.17) is 4.74 Å². The second-order valence-electron chi connectivity index (χ2n) is 6.20. The highest BCUT2D eigenvalue weighted by Crippen LogP contribution is 2.37. The number of morpholine rings is 1. The normalized spacial score (nSPS) is 27.9. The Morgan fingerprint density at radius 3 is 3.05 bits per heavy atom. The van der Waals surface area contributed by atoms with Crippen LogP contribution in [0.2, 0.25) is 0 Å². The van der Waals surface area contributed by atoms with Crippen LogP contribution in [0.15, 0.2) is 30.7 Å². The number of aryl methyl sites for hydroxylation is 1. The maximum atomic E-state index is 6.13. The molecule has 6 nitrogen and oxygen atoms in total. The van der Waals surface area contributed by atoms with Crippen molar-refractivity contribution in [2.75, 3.05) is 18.1 Å². The smallest absolute Gasteiger partial charge is 0.0824 e. The van der Waals surface area contributed by atoms with Crippen molar-refractivity contribution in [3.05, 3.63) is 36.4 Å². The van der Waals surface area contributed by atoms with Gasteiger partial charge in [-0.15, -0.1) is 5.10 Å². The number of hydrogen-bond acceptors (Lipinski definition) is 5. The zero-order chi connectivity index (χ0) is 14.9. The Kier molecular flexibility index (Phi) is 3.54. The molecule has 2 fully saturated rings. The Bertz CT molecular complexity index is 628. The van der Waals surface area contributed by atoms with Gasteiger partial charge < -0.3 is 9.64 Å². The van der Waals surface area contributed by atoms with Gasteiger partial charge in [0.1, 0.15) is 0 Å². The summed E-state index contributed by atoms with van der Waals surface area (Å²) < 4.78 is 8.13. The van der Waals surface area contributed by atoms with E-state index in [1.165, 1.54) is 12.1 Å². The van der Waals surface area contributed by atoms with Gasteiger partial charge in [-0.2, -0.15) is 0 Å². The van der Waals surface area contributed by atoms with E-state index in [2.05, 4.69) is 33.2 Å². The van der Waals surface area contributed by atoms with Crippen LogP contribution < -0.4 is 4.90 Å². The summed E-state index contributed by atoms with van der Waals surface area (Å²) in [5, 5.41) is 8.17. The topological polar surface area (TPSA) is 56.1 Å². The molecule has 2 aromatic heterocycles. The van der Waals surface area contributed by atoms with Crippen molar-refractivity contribution in [3.8, 4) is 0 Å². The second-order valence-corrected chi connectivity index (χ2v) is 6.20. The largest absolute Gasteiger partial charge is 0.374 e. The summed E-state index contributed by atoms with van der Waals surface area (Å²) in [4.78, 5) is 6.73. The molecule has 0 radical (unpaired) electrons. The van der Waals surface area contributed by atoms with E-state index in [0.29, 0.717) is 12.0 Å². The van der Waals surface area contributed by atoms with Crippen LogP contribution in [0.3, 0.4) is 0 Å². The fraction of sp³-hybridized carbons (Fsp3) is 0.562. The van der Waals surface area contributed by atoms with Crippen molar-refractivity contribution >= 4 is 5.69 Å². The Hall–Kier alpha value is -1.95. The molecular weight excluding hydrogens is 278 g/mol. The molecule has 6 heteroatoms. The first-order chi connectivity index (χ1) is 10.8. The van der Waals surface area contributed by atoms with Gasteiger partial charge in [-0.3, -0.25) is 4.98 Å². The number of fused-ring (bicyclic) bond motifs is 1. The van der Waals surface area contributed by atoms with E-state index >= 15 is 0 Å². The molecule has 4 rings (SSSR count). The first kappa shape index (κ1) is 13.7. The van der Waals surface area contributed by atoms with E-state index < -0.39 is 0 Å². The van der Waals surface area contributed by atoms with Gasteiger partial charge >= 0.3 is 0 Å². The third-order valence-corrected chi connectivity index (χ3v) is 4.92. The molecule has 1 saturated carbocycles. The van der Waals surface area contributed by atoms with Crippen LogP contribution in [0.4, 0.5) is 5.69 Å². The van der Waals surface area contributed by atoms with Gasteiger partial charge in [0.15, 0.2) is 0 Å². The predicted molar refractivity (Wildman–Crippen MR) is 82.6 cm³/mol. The van der Waals surface area contributed by atoms with Crippen molar-refractivity contribution in [2.45, 2.75) is 38.5 Å². The molecule has 1 saturated heterocycles. The molecule has 0 unspecified atom stereocenters. The first-order valence-corrected chi connectivity index (χ1v) is 7.96. The molecule has 0 aromatic carbocycles. The summed E-state index contributed by atoms with van der Waals surface area (Å²) in [7, 11) is 0. The van der Waals surface area contributed by atoms with Gasteiger partial charge in [0, 0.05) is 25.2 Å². The van der Waals surface area contributed by atoms with Gasteiger partial charge in [0.25, 0.3) is 0 Å². The van der Waals surface area contributed by atoms with E-state index in [1.54, 1.807) is 0 Å². The van der Waals surface area contributed by atoms with Gasteiger partial charge in [-0.05, 0) is 31.9 Å². The summed E-state index contributed by atoms with van der Waals surface area (Å²) in [6.45, 7) is 4.68. The highest BCUT2D eigenvalue weighted by atomic mass is 16.5. The van der Waals surface area contributed by atoms with Crippen molar-refractivity contribution in [2.24, 2.45) is 5.92 Å². The number of aromatic nitrogens is 4. The fourth-order valence-electron chi connectivity index (χ4n) is 3.81. The van der Waals surface area contributed by atoms with Gasteiger partial charge in [0.05, 0.1) is 42.5 Å². The molecule has 1 aliphatic heterocycles. The summed E-state index contributed by atoms with van der Waals surface area (Å²) >= 11 is 0. The monoisotopic (exact) mass is 299 g/mol. The van der Waals surface area contributed by atoms with Gasteiger partial charge in [-0.1, -0.05) is 5.21 Å². The molecule has 0 bridgehead atoms. The van der Waals surface area contributed by atoms with Crippen molar-refractivity contribution < 1.29 is 4.74 Å². The number of hydrogen-bond donors (Lipinski definition) is 0. The van der Waals surface area contributed by atoms with Crippen molar-refractivity contribution in [1.29, 1.82) is 0 Å². The number of anilines is 1. The van der Waals surface area contributed by atoms with Crippen LogP contribution in [-0.2, 0) is 11.3 Å². The molecule has 2 aliphatic rings. The SMILES string of the molecule is Cc1cnnn1C[C@@H]1CC[C@H]2[C@H]1OCCN2c1cccnc1. The summed E-state index contributed by atoms with van der Waals surface area (Å²) in [5.74, 6) is 0.505. The lowest BCUT2D eigenvalue weighted by Crippen LogP contribution is -2.50. The first-order valence-electron chi connectivity index (χ1n) is 7.96. The van der Waals surface area contributed by atoms with Crippen LogP contribution in [0.5, 0.6) is 0 Å². The van der Waals surface area contributed by atoms with Gasteiger partial charge in [-0.25, -0.2) is 4.68 Å². The maximum absolute atomic E-state index is 6.13. The Morgan fingerprint density at radius 2 is 2.27 bits per heavy atom. The predicted octanol–water partition coefficient (Wildman–Crippen LogP) is 1.67.